The lowest BCUT2D eigenvalue weighted by Crippen LogP contribution is -2.26. The second kappa shape index (κ2) is 8.27. The first-order valence-corrected chi connectivity index (χ1v) is 9.85. The molecule has 0 spiro atoms. The van der Waals surface area contributed by atoms with E-state index in [0.29, 0.717) is 18.0 Å². The number of halogens is 2. The van der Waals surface area contributed by atoms with Crippen LogP contribution in [-0.4, -0.2) is 25.5 Å². The highest BCUT2D eigenvalue weighted by molar-refractivity contribution is 9.10. The quantitative estimate of drug-likeness (QED) is 0.589. The van der Waals surface area contributed by atoms with Gasteiger partial charge in [-0.1, -0.05) is 30.7 Å². The fraction of sp³-hybridized carbons (Fsp3) is 0.316. The normalized spacial score (nSPS) is 12.2. The Kier molecular flexibility index (Phi) is 6.01. The molecule has 6 nitrogen and oxygen atoms in total. The average Bonchev–Trinajstić information content (AvgIpc) is 3.14. The lowest BCUT2D eigenvalue weighted by atomic mass is 10.2. The van der Waals surface area contributed by atoms with Gasteiger partial charge >= 0.3 is 0 Å². The Hall–Kier alpha value is -2.12. The maximum absolute atomic E-state index is 12.8. The lowest BCUT2D eigenvalue weighted by molar-refractivity contribution is -0.119. The smallest absolute Gasteiger partial charge is 0.249 e. The number of nitrogens with one attached hydrogen (secondary N) is 1. The van der Waals surface area contributed by atoms with E-state index in [9.17, 15) is 4.79 Å². The van der Waals surface area contributed by atoms with Gasteiger partial charge < -0.3 is 5.32 Å². The van der Waals surface area contributed by atoms with Gasteiger partial charge in [-0.25, -0.2) is 0 Å². The van der Waals surface area contributed by atoms with Crippen LogP contribution in [0.1, 0.15) is 36.3 Å². The molecule has 3 rings (SSSR count). The van der Waals surface area contributed by atoms with Gasteiger partial charge in [0.1, 0.15) is 6.04 Å². The predicted octanol–water partition coefficient (Wildman–Crippen LogP) is 4.75. The van der Waals surface area contributed by atoms with E-state index in [1.54, 1.807) is 17.1 Å². The molecule has 0 aliphatic heterocycles. The molecule has 0 aliphatic rings. The first-order valence-electron chi connectivity index (χ1n) is 8.68. The summed E-state index contributed by atoms with van der Waals surface area (Å²) in [6.07, 6.45) is 4.11. The standard InChI is InChI=1S/C19H21BrClN5O/c1-4-17(26-11-15(20)9-22-26)19(27)23-18-12(2)24-25(13(18)3)10-14-6-5-7-16(21)8-14/h5-9,11,17H,4,10H2,1-3H3,(H,23,27). The molecule has 8 heteroatoms. The van der Waals surface area contributed by atoms with E-state index in [2.05, 4.69) is 31.4 Å². The SMILES string of the molecule is CCC(C(=O)Nc1c(C)nn(Cc2cccc(Cl)c2)c1C)n1cc(Br)cn1. The van der Waals surface area contributed by atoms with E-state index >= 15 is 0 Å². The van der Waals surface area contributed by atoms with Crippen molar-refractivity contribution >= 4 is 39.1 Å². The third kappa shape index (κ3) is 4.42. The minimum atomic E-state index is -0.383. The van der Waals surface area contributed by atoms with Crippen molar-refractivity contribution in [1.82, 2.24) is 19.6 Å². The van der Waals surface area contributed by atoms with Crippen LogP contribution in [0.3, 0.4) is 0 Å². The van der Waals surface area contributed by atoms with Crippen LogP contribution in [0.4, 0.5) is 5.69 Å². The van der Waals surface area contributed by atoms with E-state index < -0.39 is 0 Å². The van der Waals surface area contributed by atoms with Crippen molar-refractivity contribution in [3.63, 3.8) is 0 Å². The lowest BCUT2D eigenvalue weighted by Gasteiger charge is -2.16. The number of amides is 1. The number of rotatable bonds is 6. The highest BCUT2D eigenvalue weighted by atomic mass is 79.9. The molecular formula is C19H21BrClN5O. The molecule has 27 heavy (non-hydrogen) atoms. The molecule has 1 unspecified atom stereocenters. The Morgan fingerprint density at radius 1 is 1.37 bits per heavy atom. The van der Waals surface area contributed by atoms with E-state index in [4.69, 9.17) is 11.6 Å². The maximum Gasteiger partial charge on any atom is 0.249 e. The number of hydrogen-bond donors (Lipinski definition) is 1. The molecule has 0 saturated heterocycles. The maximum atomic E-state index is 12.8. The Bertz CT molecular complexity index is 965. The number of nitrogens with zero attached hydrogens (tertiary/aromatic N) is 4. The third-order valence-corrected chi connectivity index (χ3v) is 5.07. The van der Waals surface area contributed by atoms with Crippen LogP contribution in [-0.2, 0) is 11.3 Å². The van der Waals surface area contributed by atoms with Crippen LogP contribution < -0.4 is 5.32 Å². The molecule has 0 radical (unpaired) electrons. The minimum Gasteiger partial charge on any atom is -0.321 e. The number of carbonyl (C=O) groups excluding carboxylic acids is 1. The van der Waals surface area contributed by atoms with E-state index in [1.807, 2.05) is 49.7 Å². The van der Waals surface area contributed by atoms with E-state index in [0.717, 1.165) is 27.1 Å². The number of benzene rings is 1. The molecule has 1 aromatic carbocycles. The largest absolute Gasteiger partial charge is 0.321 e. The average molecular weight is 451 g/mol. The van der Waals surface area contributed by atoms with Crippen LogP contribution >= 0.6 is 27.5 Å². The Morgan fingerprint density at radius 2 is 2.15 bits per heavy atom. The van der Waals surface area contributed by atoms with Crippen molar-refractivity contribution in [3.8, 4) is 0 Å². The highest BCUT2D eigenvalue weighted by Crippen LogP contribution is 2.24. The Balaban J connectivity index is 1.80. The van der Waals surface area contributed by atoms with Crippen molar-refractivity contribution in [3.05, 3.63) is 63.1 Å². The third-order valence-electron chi connectivity index (χ3n) is 4.43. The molecule has 1 atom stereocenters. The number of anilines is 1. The van der Waals surface area contributed by atoms with Crippen molar-refractivity contribution in [2.75, 3.05) is 5.32 Å². The summed E-state index contributed by atoms with van der Waals surface area (Å²) >= 11 is 9.44. The zero-order valence-electron chi connectivity index (χ0n) is 15.4. The summed E-state index contributed by atoms with van der Waals surface area (Å²) in [5.41, 5.74) is 3.47. The molecule has 2 aromatic heterocycles. The number of aryl methyl sites for hydroxylation is 1. The van der Waals surface area contributed by atoms with Crippen molar-refractivity contribution < 1.29 is 4.79 Å². The molecule has 1 N–H and O–H groups in total. The Morgan fingerprint density at radius 3 is 2.78 bits per heavy atom. The second-order valence-corrected chi connectivity index (χ2v) is 7.74. The number of hydrogen-bond acceptors (Lipinski definition) is 3. The minimum absolute atomic E-state index is 0.110. The molecule has 0 fully saturated rings. The summed E-state index contributed by atoms with van der Waals surface area (Å²) in [6, 6.07) is 7.30. The molecule has 1 amide bonds. The summed E-state index contributed by atoms with van der Waals surface area (Å²) in [7, 11) is 0. The summed E-state index contributed by atoms with van der Waals surface area (Å²) in [5, 5.41) is 12.5. The predicted molar refractivity (Wildman–Crippen MR) is 110 cm³/mol. The summed E-state index contributed by atoms with van der Waals surface area (Å²) in [6.45, 7) is 6.39. The summed E-state index contributed by atoms with van der Waals surface area (Å²) in [5.74, 6) is -0.110. The van der Waals surface area contributed by atoms with Crippen LogP contribution in [0.25, 0.3) is 0 Å². The topological polar surface area (TPSA) is 64.7 Å². The molecule has 2 heterocycles. The van der Waals surface area contributed by atoms with E-state index in [1.165, 1.54) is 0 Å². The molecular weight excluding hydrogens is 430 g/mol. The zero-order chi connectivity index (χ0) is 19.6. The van der Waals surface area contributed by atoms with Gasteiger partial charge in [-0.15, -0.1) is 0 Å². The highest BCUT2D eigenvalue weighted by Gasteiger charge is 2.22. The van der Waals surface area contributed by atoms with Crippen LogP contribution in [0.2, 0.25) is 5.02 Å². The van der Waals surface area contributed by atoms with Crippen LogP contribution in [0.15, 0.2) is 41.1 Å². The van der Waals surface area contributed by atoms with Gasteiger partial charge in [0.2, 0.25) is 5.91 Å². The van der Waals surface area contributed by atoms with Crippen molar-refractivity contribution in [2.24, 2.45) is 0 Å². The van der Waals surface area contributed by atoms with Gasteiger partial charge in [0.05, 0.1) is 34.3 Å². The van der Waals surface area contributed by atoms with E-state index in [-0.39, 0.29) is 11.9 Å². The van der Waals surface area contributed by atoms with Crippen molar-refractivity contribution in [1.29, 1.82) is 0 Å². The zero-order valence-corrected chi connectivity index (χ0v) is 17.8. The first kappa shape index (κ1) is 19.6. The van der Waals surface area contributed by atoms with Crippen molar-refractivity contribution in [2.45, 2.75) is 39.8 Å². The van der Waals surface area contributed by atoms with Gasteiger partial charge in [-0.05, 0) is 53.9 Å². The number of carbonyl (C=O) groups is 1. The van der Waals surface area contributed by atoms with Crippen LogP contribution in [0.5, 0.6) is 0 Å². The Labute approximate surface area is 171 Å². The first-order chi connectivity index (χ1) is 12.9. The van der Waals surface area contributed by atoms with Gasteiger partial charge in [-0.3, -0.25) is 14.2 Å². The monoisotopic (exact) mass is 449 g/mol. The summed E-state index contributed by atoms with van der Waals surface area (Å²) in [4.78, 5) is 12.8. The molecule has 142 valence electrons. The molecule has 3 aromatic rings. The van der Waals surface area contributed by atoms with Gasteiger partial charge in [0, 0.05) is 11.2 Å². The van der Waals surface area contributed by atoms with Gasteiger partial charge in [-0.2, -0.15) is 10.2 Å². The molecule has 0 aliphatic carbocycles. The molecule has 0 saturated carbocycles. The second-order valence-electron chi connectivity index (χ2n) is 6.39. The van der Waals surface area contributed by atoms with Crippen LogP contribution in [0, 0.1) is 13.8 Å². The van der Waals surface area contributed by atoms with Gasteiger partial charge in [0.25, 0.3) is 0 Å². The van der Waals surface area contributed by atoms with Gasteiger partial charge in [0.15, 0.2) is 0 Å². The summed E-state index contributed by atoms with van der Waals surface area (Å²) < 4.78 is 4.39. The molecule has 0 bridgehead atoms. The fourth-order valence-electron chi connectivity index (χ4n) is 3.02. The fourth-order valence-corrected chi connectivity index (χ4v) is 3.54. The number of aromatic nitrogens is 4.